The van der Waals surface area contributed by atoms with Crippen molar-refractivity contribution in [2.24, 2.45) is 0 Å². The SMILES string of the molecule is CCn1c(S[C@H](C)C(=O)OC)nc2scc(-c3ccccc3)c2c1=O. The first-order valence-corrected chi connectivity index (χ1v) is 9.64. The van der Waals surface area contributed by atoms with E-state index in [4.69, 9.17) is 4.74 Å². The molecule has 0 radical (unpaired) electrons. The number of nitrogens with zero attached hydrogens (tertiary/aromatic N) is 2. The van der Waals surface area contributed by atoms with Crippen LogP contribution in [0.2, 0.25) is 0 Å². The predicted octanol–water partition coefficient (Wildman–Crippen LogP) is 3.80. The minimum atomic E-state index is -0.430. The Kier molecular flexibility index (Phi) is 5.24. The molecule has 0 aliphatic rings. The highest BCUT2D eigenvalue weighted by atomic mass is 32.2. The van der Waals surface area contributed by atoms with Gasteiger partial charge in [-0.3, -0.25) is 14.2 Å². The maximum Gasteiger partial charge on any atom is 0.318 e. The van der Waals surface area contributed by atoms with Crippen LogP contribution in [0, 0.1) is 0 Å². The summed E-state index contributed by atoms with van der Waals surface area (Å²) in [4.78, 5) is 30.1. The van der Waals surface area contributed by atoms with Crippen molar-refractivity contribution in [3.8, 4) is 11.1 Å². The third-order valence-electron chi connectivity index (χ3n) is 3.88. The molecule has 0 unspecified atom stereocenters. The predicted molar refractivity (Wildman–Crippen MR) is 102 cm³/mol. The number of thioether (sulfide) groups is 1. The van der Waals surface area contributed by atoms with Crippen LogP contribution in [0.25, 0.3) is 21.3 Å². The smallest absolute Gasteiger partial charge is 0.318 e. The fourth-order valence-electron chi connectivity index (χ4n) is 2.58. The molecule has 1 atom stereocenters. The molecule has 0 spiro atoms. The monoisotopic (exact) mass is 374 g/mol. The van der Waals surface area contributed by atoms with Crippen LogP contribution < -0.4 is 5.56 Å². The summed E-state index contributed by atoms with van der Waals surface area (Å²) in [7, 11) is 1.36. The number of carbonyl (C=O) groups is 1. The van der Waals surface area contributed by atoms with Gasteiger partial charge in [-0.2, -0.15) is 0 Å². The van der Waals surface area contributed by atoms with Crippen molar-refractivity contribution >= 4 is 39.3 Å². The molecule has 0 N–H and O–H groups in total. The van der Waals surface area contributed by atoms with Gasteiger partial charge in [-0.25, -0.2) is 4.98 Å². The van der Waals surface area contributed by atoms with Crippen molar-refractivity contribution in [1.82, 2.24) is 9.55 Å². The van der Waals surface area contributed by atoms with E-state index in [-0.39, 0.29) is 11.5 Å². The maximum absolute atomic E-state index is 13.1. The molecule has 130 valence electrons. The minimum Gasteiger partial charge on any atom is -0.468 e. The zero-order valence-corrected chi connectivity index (χ0v) is 15.8. The van der Waals surface area contributed by atoms with Crippen LogP contribution in [-0.4, -0.2) is 27.9 Å². The molecule has 0 amide bonds. The summed E-state index contributed by atoms with van der Waals surface area (Å²) in [5.74, 6) is -0.335. The molecule has 0 saturated heterocycles. The number of hydrogen-bond donors (Lipinski definition) is 0. The van der Waals surface area contributed by atoms with E-state index in [1.54, 1.807) is 11.5 Å². The van der Waals surface area contributed by atoms with Gasteiger partial charge in [0.05, 0.1) is 12.5 Å². The van der Waals surface area contributed by atoms with E-state index in [0.717, 1.165) is 11.1 Å². The summed E-state index contributed by atoms with van der Waals surface area (Å²) in [6.07, 6.45) is 0. The van der Waals surface area contributed by atoms with Crippen LogP contribution in [0.4, 0.5) is 0 Å². The number of ether oxygens (including phenoxy) is 1. The third-order valence-corrected chi connectivity index (χ3v) is 5.82. The number of methoxy groups -OCH3 is 1. The largest absolute Gasteiger partial charge is 0.468 e. The fraction of sp³-hybridized carbons (Fsp3) is 0.278. The number of thiophene rings is 1. The minimum absolute atomic E-state index is 0.0767. The highest BCUT2D eigenvalue weighted by Gasteiger charge is 2.21. The lowest BCUT2D eigenvalue weighted by atomic mass is 10.1. The molecule has 0 aliphatic carbocycles. The number of aromatic nitrogens is 2. The lowest BCUT2D eigenvalue weighted by Gasteiger charge is -2.13. The van der Waals surface area contributed by atoms with Gasteiger partial charge >= 0.3 is 5.97 Å². The van der Waals surface area contributed by atoms with Crippen molar-refractivity contribution in [3.63, 3.8) is 0 Å². The van der Waals surface area contributed by atoms with Crippen molar-refractivity contribution in [2.45, 2.75) is 30.8 Å². The van der Waals surface area contributed by atoms with Gasteiger partial charge in [0.1, 0.15) is 10.1 Å². The normalized spacial score (nSPS) is 12.3. The maximum atomic E-state index is 13.1. The van der Waals surface area contributed by atoms with Gasteiger partial charge in [0, 0.05) is 17.5 Å². The standard InChI is InChI=1S/C18H18N2O3S2/c1-4-20-16(21)14-13(12-8-6-5-7-9-12)10-24-15(14)19-18(20)25-11(2)17(22)23-3/h5-11H,4H2,1-3H3/t11-/m1/s1. The molecular weight excluding hydrogens is 356 g/mol. The summed E-state index contributed by atoms with van der Waals surface area (Å²) >= 11 is 2.69. The summed E-state index contributed by atoms with van der Waals surface area (Å²) in [6, 6.07) is 9.82. The van der Waals surface area contributed by atoms with Gasteiger partial charge in [-0.1, -0.05) is 42.1 Å². The van der Waals surface area contributed by atoms with E-state index in [9.17, 15) is 9.59 Å². The molecule has 3 rings (SSSR count). The van der Waals surface area contributed by atoms with Gasteiger partial charge in [-0.15, -0.1) is 11.3 Å². The molecule has 0 saturated carbocycles. The molecule has 2 heterocycles. The number of fused-ring (bicyclic) bond motifs is 1. The number of rotatable bonds is 5. The van der Waals surface area contributed by atoms with Crippen LogP contribution >= 0.6 is 23.1 Å². The van der Waals surface area contributed by atoms with Gasteiger partial charge in [0.15, 0.2) is 5.16 Å². The Morgan fingerprint density at radius 3 is 2.72 bits per heavy atom. The summed E-state index contributed by atoms with van der Waals surface area (Å²) in [5.41, 5.74) is 1.82. The third kappa shape index (κ3) is 3.34. The van der Waals surface area contributed by atoms with E-state index < -0.39 is 5.25 Å². The van der Waals surface area contributed by atoms with Crippen LogP contribution in [0.3, 0.4) is 0 Å². The Balaban J connectivity index is 2.14. The zero-order chi connectivity index (χ0) is 18.0. The number of esters is 1. The van der Waals surface area contributed by atoms with Crippen molar-refractivity contribution in [2.75, 3.05) is 7.11 Å². The molecule has 0 bridgehead atoms. The van der Waals surface area contributed by atoms with E-state index in [0.29, 0.717) is 21.9 Å². The first kappa shape index (κ1) is 17.7. The molecule has 5 nitrogen and oxygen atoms in total. The first-order valence-electron chi connectivity index (χ1n) is 7.88. The van der Waals surface area contributed by atoms with Gasteiger partial charge in [0.2, 0.25) is 0 Å². The second kappa shape index (κ2) is 7.41. The molecule has 25 heavy (non-hydrogen) atoms. The van der Waals surface area contributed by atoms with Crippen molar-refractivity contribution in [3.05, 3.63) is 46.1 Å². The Morgan fingerprint density at radius 1 is 1.36 bits per heavy atom. The lowest BCUT2D eigenvalue weighted by Crippen LogP contribution is -2.24. The van der Waals surface area contributed by atoms with Gasteiger partial charge in [0.25, 0.3) is 5.56 Å². The Bertz CT molecular complexity index is 964. The topological polar surface area (TPSA) is 61.2 Å². The Hall–Kier alpha value is -2.12. The van der Waals surface area contributed by atoms with Crippen LogP contribution in [-0.2, 0) is 16.1 Å². The van der Waals surface area contributed by atoms with E-state index >= 15 is 0 Å². The van der Waals surface area contributed by atoms with Crippen molar-refractivity contribution in [1.29, 1.82) is 0 Å². The van der Waals surface area contributed by atoms with E-state index in [1.165, 1.54) is 30.2 Å². The first-order chi connectivity index (χ1) is 12.1. The number of hydrogen-bond acceptors (Lipinski definition) is 6. The Morgan fingerprint density at radius 2 is 2.08 bits per heavy atom. The zero-order valence-electron chi connectivity index (χ0n) is 14.2. The van der Waals surface area contributed by atoms with Crippen LogP contribution in [0.1, 0.15) is 13.8 Å². The average Bonchev–Trinajstić information content (AvgIpc) is 3.06. The molecule has 0 aliphatic heterocycles. The highest BCUT2D eigenvalue weighted by Crippen LogP contribution is 2.32. The summed E-state index contributed by atoms with van der Waals surface area (Å²) in [6.45, 7) is 4.13. The van der Waals surface area contributed by atoms with E-state index in [1.807, 2.05) is 42.6 Å². The lowest BCUT2D eigenvalue weighted by molar-refractivity contribution is -0.139. The van der Waals surface area contributed by atoms with E-state index in [2.05, 4.69) is 4.98 Å². The highest BCUT2D eigenvalue weighted by molar-refractivity contribution is 8.00. The molecule has 1 aromatic carbocycles. The second-order valence-corrected chi connectivity index (χ2v) is 7.59. The quantitative estimate of drug-likeness (QED) is 0.386. The van der Waals surface area contributed by atoms with Crippen LogP contribution in [0.5, 0.6) is 0 Å². The Labute approximate surface area is 153 Å². The van der Waals surface area contributed by atoms with Crippen LogP contribution in [0.15, 0.2) is 45.7 Å². The fourth-order valence-corrected chi connectivity index (χ4v) is 4.56. The summed E-state index contributed by atoms with van der Waals surface area (Å²) < 4.78 is 6.38. The average molecular weight is 374 g/mol. The molecule has 2 aromatic heterocycles. The van der Waals surface area contributed by atoms with Crippen molar-refractivity contribution < 1.29 is 9.53 Å². The van der Waals surface area contributed by atoms with Gasteiger partial charge < -0.3 is 4.74 Å². The van der Waals surface area contributed by atoms with Gasteiger partial charge in [-0.05, 0) is 19.4 Å². The molecule has 0 fully saturated rings. The number of benzene rings is 1. The molecular formula is C18H18N2O3S2. The molecule has 7 heteroatoms. The molecule has 3 aromatic rings. The number of carbonyl (C=O) groups excluding carboxylic acids is 1. The summed E-state index contributed by atoms with van der Waals surface area (Å²) in [5, 5.41) is 2.71. The second-order valence-electron chi connectivity index (χ2n) is 5.42.